The Morgan fingerprint density at radius 1 is 0.886 bits per heavy atom. The molecule has 2 amide bonds. The Hall–Kier alpha value is -3.62. The number of benzene rings is 4. The fraction of sp³-hybridized carbons (Fsp3) is 0.278. The van der Waals surface area contributed by atoms with Crippen molar-refractivity contribution in [1.29, 1.82) is 0 Å². The van der Waals surface area contributed by atoms with Gasteiger partial charge in [0.1, 0.15) is 6.04 Å². The number of hydrogen-bond donors (Lipinski definition) is 3. The van der Waals surface area contributed by atoms with Crippen molar-refractivity contribution in [3.63, 3.8) is 0 Å². The zero-order chi connectivity index (χ0) is 31.3. The van der Waals surface area contributed by atoms with Crippen LogP contribution in [0, 0.1) is 0 Å². The lowest BCUT2D eigenvalue weighted by molar-refractivity contribution is -0.140. The first-order chi connectivity index (χ1) is 21.1. The van der Waals surface area contributed by atoms with E-state index in [9.17, 15) is 14.7 Å². The normalized spacial score (nSPS) is 17.7. The monoisotopic (exact) mass is 627 g/mol. The maximum Gasteiger partial charge on any atom is 0.243 e. The summed E-state index contributed by atoms with van der Waals surface area (Å²) < 4.78 is -1.50. The maximum absolute atomic E-state index is 14.1. The standard InChI is InChI=1S/C36H38ClN3O3S/c1-35(2,32(38)34(43)40-24-30(41)22-31(40)33(42)39-23-25-18-20-29(37)21-19-25)44-36(26-12-6-3-7-13-26,27-14-8-4-9-15-27)28-16-10-5-11-17-28/h3-21,30-32,41H,22-24,38H2,1-2H3,(H,39,42)/t30?,31?,32-/m1/s1. The lowest BCUT2D eigenvalue weighted by Crippen LogP contribution is -2.57. The zero-order valence-corrected chi connectivity index (χ0v) is 26.5. The van der Waals surface area contributed by atoms with Gasteiger partial charge >= 0.3 is 0 Å². The van der Waals surface area contributed by atoms with Gasteiger partial charge in [-0.3, -0.25) is 9.59 Å². The number of hydrogen-bond acceptors (Lipinski definition) is 5. The van der Waals surface area contributed by atoms with Gasteiger partial charge in [0.05, 0.1) is 16.9 Å². The first-order valence-corrected chi connectivity index (χ1v) is 15.9. The molecule has 3 atom stereocenters. The SMILES string of the molecule is CC(C)(SC(c1ccccc1)(c1ccccc1)c1ccccc1)[C@H](N)C(=O)N1CC(O)CC1C(=O)NCc1ccc(Cl)cc1. The second-order valence-electron chi connectivity index (χ2n) is 11.7. The fourth-order valence-corrected chi connectivity index (χ4v) is 7.75. The van der Waals surface area contributed by atoms with E-state index in [1.807, 2.05) is 80.6 Å². The number of aliphatic hydroxyl groups excluding tert-OH is 1. The van der Waals surface area contributed by atoms with Gasteiger partial charge in [-0.15, -0.1) is 11.8 Å². The molecule has 0 aliphatic carbocycles. The van der Waals surface area contributed by atoms with Crippen molar-refractivity contribution in [3.05, 3.63) is 143 Å². The Morgan fingerprint density at radius 2 is 1.36 bits per heavy atom. The molecule has 0 spiro atoms. The van der Waals surface area contributed by atoms with Crippen LogP contribution in [0.1, 0.15) is 42.5 Å². The number of amides is 2. The molecule has 0 bridgehead atoms. The molecule has 1 fully saturated rings. The highest BCUT2D eigenvalue weighted by Crippen LogP contribution is 2.54. The third-order valence-electron chi connectivity index (χ3n) is 8.22. The molecule has 1 heterocycles. The number of aliphatic hydroxyl groups is 1. The van der Waals surface area contributed by atoms with Crippen LogP contribution in [0.2, 0.25) is 5.02 Å². The van der Waals surface area contributed by atoms with Gasteiger partial charge in [-0.25, -0.2) is 0 Å². The summed E-state index contributed by atoms with van der Waals surface area (Å²) in [6, 6.07) is 36.1. The van der Waals surface area contributed by atoms with Crippen LogP contribution in [-0.4, -0.2) is 51.3 Å². The minimum Gasteiger partial charge on any atom is -0.391 e. The van der Waals surface area contributed by atoms with Crippen LogP contribution in [0.15, 0.2) is 115 Å². The summed E-state index contributed by atoms with van der Waals surface area (Å²) in [5, 5.41) is 14.1. The minimum atomic E-state index is -0.972. The molecule has 228 valence electrons. The molecule has 44 heavy (non-hydrogen) atoms. The van der Waals surface area contributed by atoms with Crippen LogP contribution >= 0.6 is 23.4 Å². The van der Waals surface area contributed by atoms with Gasteiger partial charge < -0.3 is 21.1 Å². The number of nitrogens with two attached hydrogens (primary N) is 1. The van der Waals surface area contributed by atoms with E-state index < -0.39 is 27.7 Å². The summed E-state index contributed by atoms with van der Waals surface area (Å²) in [4.78, 5) is 28.9. The number of carbonyl (C=O) groups is 2. The van der Waals surface area contributed by atoms with E-state index in [1.54, 1.807) is 23.9 Å². The zero-order valence-electron chi connectivity index (χ0n) is 24.9. The molecule has 5 rings (SSSR count). The number of β-amino-alcohol motifs (C(OH)–C–C–N with tert-alkyl or cyclic N) is 1. The molecular weight excluding hydrogens is 590 g/mol. The van der Waals surface area contributed by atoms with E-state index in [-0.39, 0.29) is 31.3 Å². The Kier molecular flexibility index (Phi) is 9.81. The van der Waals surface area contributed by atoms with Crippen LogP contribution in [0.5, 0.6) is 0 Å². The summed E-state index contributed by atoms with van der Waals surface area (Å²) in [6.07, 6.45) is -0.661. The average molecular weight is 628 g/mol. The molecule has 1 aliphatic rings. The van der Waals surface area contributed by atoms with Gasteiger partial charge in [-0.1, -0.05) is 115 Å². The lowest BCUT2D eigenvalue weighted by atomic mass is 9.84. The maximum atomic E-state index is 14.1. The summed E-state index contributed by atoms with van der Waals surface area (Å²) in [7, 11) is 0. The highest BCUT2D eigenvalue weighted by atomic mass is 35.5. The second-order valence-corrected chi connectivity index (χ2v) is 14.0. The Morgan fingerprint density at radius 3 is 1.84 bits per heavy atom. The predicted octanol–water partition coefficient (Wildman–Crippen LogP) is 5.75. The molecule has 1 aliphatic heterocycles. The molecular formula is C36H38ClN3O3S. The predicted molar refractivity (Wildman–Crippen MR) is 178 cm³/mol. The summed E-state index contributed by atoms with van der Waals surface area (Å²) in [5.41, 5.74) is 10.9. The number of halogens is 1. The van der Waals surface area contributed by atoms with Crippen molar-refractivity contribution >= 4 is 35.2 Å². The van der Waals surface area contributed by atoms with Crippen LogP contribution < -0.4 is 11.1 Å². The van der Waals surface area contributed by atoms with E-state index in [2.05, 4.69) is 41.7 Å². The van der Waals surface area contributed by atoms with Crippen molar-refractivity contribution in [2.24, 2.45) is 5.73 Å². The first kappa shape index (κ1) is 31.8. The fourth-order valence-electron chi connectivity index (χ4n) is 5.84. The average Bonchev–Trinajstić information content (AvgIpc) is 3.45. The third-order valence-corrected chi connectivity index (χ3v) is 10.3. The molecule has 0 saturated carbocycles. The summed E-state index contributed by atoms with van der Waals surface area (Å²) >= 11 is 7.61. The van der Waals surface area contributed by atoms with Crippen molar-refractivity contribution < 1.29 is 14.7 Å². The van der Waals surface area contributed by atoms with E-state index in [4.69, 9.17) is 17.3 Å². The molecule has 8 heteroatoms. The molecule has 4 aromatic carbocycles. The number of nitrogens with zero attached hydrogens (tertiary/aromatic N) is 1. The molecule has 1 saturated heterocycles. The number of nitrogens with one attached hydrogen (secondary N) is 1. The van der Waals surface area contributed by atoms with Gasteiger partial charge in [-0.05, 0) is 48.2 Å². The highest BCUT2D eigenvalue weighted by molar-refractivity contribution is 8.02. The number of carbonyl (C=O) groups excluding carboxylic acids is 2. The summed E-state index contributed by atoms with van der Waals surface area (Å²) in [5.74, 6) is -0.691. The van der Waals surface area contributed by atoms with Crippen LogP contribution in [-0.2, 0) is 20.9 Å². The van der Waals surface area contributed by atoms with E-state index >= 15 is 0 Å². The van der Waals surface area contributed by atoms with Crippen molar-refractivity contribution in [2.45, 2.75) is 54.5 Å². The first-order valence-electron chi connectivity index (χ1n) is 14.7. The smallest absolute Gasteiger partial charge is 0.243 e. The molecule has 2 unspecified atom stereocenters. The van der Waals surface area contributed by atoms with Crippen molar-refractivity contribution in [1.82, 2.24) is 10.2 Å². The topological polar surface area (TPSA) is 95.7 Å². The molecule has 0 aromatic heterocycles. The number of thioether (sulfide) groups is 1. The molecule has 0 radical (unpaired) electrons. The number of rotatable bonds is 10. The Labute approximate surface area is 268 Å². The Bertz CT molecular complexity index is 1460. The van der Waals surface area contributed by atoms with Crippen LogP contribution in [0.4, 0.5) is 0 Å². The molecule has 4 aromatic rings. The number of likely N-dealkylation sites (tertiary alicyclic amines) is 1. The van der Waals surface area contributed by atoms with Crippen LogP contribution in [0.3, 0.4) is 0 Å². The van der Waals surface area contributed by atoms with E-state index in [0.717, 1.165) is 22.3 Å². The van der Waals surface area contributed by atoms with Gasteiger partial charge in [-0.2, -0.15) is 0 Å². The van der Waals surface area contributed by atoms with Crippen molar-refractivity contribution in [3.8, 4) is 0 Å². The highest BCUT2D eigenvalue weighted by Gasteiger charge is 2.48. The van der Waals surface area contributed by atoms with E-state index in [1.165, 1.54) is 4.90 Å². The van der Waals surface area contributed by atoms with Gasteiger partial charge in [0.15, 0.2) is 0 Å². The Balaban J connectivity index is 1.44. The van der Waals surface area contributed by atoms with Crippen LogP contribution in [0.25, 0.3) is 0 Å². The molecule has 6 nitrogen and oxygen atoms in total. The van der Waals surface area contributed by atoms with Gasteiger partial charge in [0.25, 0.3) is 0 Å². The summed E-state index contributed by atoms with van der Waals surface area (Å²) in [6.45, 7) is 4.29. The molecule has 4 N–H and O–H groups in total. The van der Waals surface area contributed by atoms with Crippen molar-refractivity contribution in [2.75, 3.05) is 6.54 Å². The van der Waals surface area contributed by atoms with Gasteiger partial charge in [0.2, 0.25) is 11.8 Å². The minimum absolute atomic E-state index is 0.0491. The van der Waals surface area contributed by atoms with Gasteiger partial charge in [0, 0.05) is 29.3 Å². The third kappa shape index (κ3) is 6.71. The second kappa shape index (κ2) is 13.6. The largest absolute Gasteiger partial charge is 0.391 e. The van der Waals surface area contributed by atoms with E-state index in [0.29, 0.717) is 5.02 Å². The lowest BCUT2D eigenvalue weighted by Gasteiger charge is -2.44. The quantitative estimate of drug-likeness (QED) is 0.195.